The molecule has 2 aromatic heterocycles. The topological polar surface area (TPSA) is 114 Å². The highest BCUT2D eigenvalue weighted by Gasteiger charge is 2.38. The van der Waals surface area contributed by atoms with Gasteiger partial charge in [0.15, 0.2) is 15.0 Å². The summed E-state index contributed by atoms with van der Waals surface area (Å²) in [5.74, 6) is -0.388. The Bertz CT molecular complexity index is 942. The highest BCUT2D eigenvalue weighted by molar-refractivity contribution is 7.92. The number of carboxylic acids is 1. The summed E-state index contributed by atoms with van der Waals surface area (Å²) in [4.78, 5) is 15.6. The van der Waals surface area contributed by atoms with E-state index in [-0.39, 0.29) is 16.2 Å². The molecule has 2 fully saturated rings. The van der Waals surface area contributed by atoms with Crippen molar-refractivity contribution < 1.29 is 18.3 Å². The lowest BCUT2D eigenvalue weighted by molar-refractivity contribution is 0.0702. The second-order valence-corrected chi connectivity index (χ2v) is 10.9. The van der Waals surface area contributed by atoms with Crippen molar-refractivity contribution in [3.05, 3.63) is 23.5 Å². The van der Waals surface area contributed by atoms with Crippen LogP contribution in [0.25, 0.3) is 0 Å². The van der Waals surface area contributed by atoms with E-state index in [1.807, 2.05) is 0 Å². The van der Waals surface area contributed by atoms with Crippen LogP contribution in [-0.2, 0) is 9.84 Å². The molecule has 28 heavy (non-hydrogen) atoms. The molecule has 8 nitrogen and oxygen atoms in total. The zero-order valence-electron chi connectivity index (χ0n) is 15.5. The molecular weight excluding hydrogens is 400 g/mol. The third kappa shape index (κ3) is 4.22. The number of aromatic carboxylic acids is 1. The first-order valence-electron chi connectivity index (χ1n) is 9.64. The fourth-order valence-corrected chi connectivity index (χ4v) is 6.07. The van der Waals surface area contributed by atoms with E-state index in [4.69, 9.17) is 5.11 Å². The minimum absolute atomic E-state index is 0.0107. The van der Waals surface area contributed by atoms with E-state index in [0.29, 0.717) is 22.5 Å². The lowest BCUT2D eigenvalue weighted by atomic mass is 9.98. The van der Waals surface area contributed by atoms with Gasteiger partial charge in [-0.3, -0.25) is 4.68 Å². The molecule has 0 amide bonds. The molecule has 0 aromatic carbocycles. The Morgan fingerprint density at radius 2 is 2.04 bits per heavy atom. The van der Waals surface area contributed by atoms with Gasteiger partial charge >= 0.3 is 5.97 Å². The molecule has 0 radical (unpaired) electrons. The third-order valence-corrected chi connectivity index (χ3v) is 8.69. The molecule has 0 spiro atoms. The number of carboxylic acid groups (broad SMARTS) is 1. The van der Waals surface area contributed by atoms with Gasteiger partial charge in [0.05, 0.1) is 23.7 Å². The molecule has 1 unspecified atom stereocenters. The van der Waals surface area contributed by atoms with Gasteiger partial charge in [0.25, 0.3) is 0 Å². The van der Waals surface area contributed by atoms with Crippen LogP contribution in [0.5, 0.6) is 0 Å². The normalized spacial score (nSPS) is 19.0. The van der Waals surface area contributed by atoms with E-state index in [1.165, 1.54) is 38.1 Å². The van der Waals surface area contributed by atoms with Crippen LogP contribution < -0.4 is 5.32 Å². The lowest BCUT2D eigenvalue weighted by Gasteiger charge is -2.21. The van der Waals surface area contributed by atoms with Crippen molar-refractivity contribution in [1.29, 1.82) is 0 Å². The predicted molar refractivity (Wildman–Crippen MR) is 106 cm³/mol. The maximum absolute atomic E-state index is 12.5. The number of hydrogen-bond donors (Lipinski definition) is 2. The molecule has 2 saturated carbocycles. The number of thiazole rings is 1. The molecule has 0 aliphatic heterocycles. The Kier molecular flexibility index (Phi) is 5.42. The van der Waals surface area contributed by atoms with Crippen LogP contribution in [0.3, 0.4) is 0 Å². The number of aromatic nitrogens is 3. The van der Waals surface area contributed by atoms with Crippen molar-refractivity contribution in [1.82, 2.24) is 14.8 Å². The van der Waals surface area contributed by atoms with Crippen LogP contribution in [0.15, 0.2) is 23.5 Å². The first-order valence-corrected chi connectivity index (χ1v) is 12.0. The zero-order chi connectivity index (χ0) is 19.7. The smallest absolute Gasteiger partial charge is 0.347 e. The summed E-state index contributed by atoms with van der Waals surface area (Å²) in [5.41, 5.74) is 0. The number of hydrogen-bond acceptors (Lipinski definition) is 7. The molecule has 2 heterocycles. The van der Waals surface area contributed by atoms with Gasteiger partial charge in [0.2, 0.25) is 0 Å². The Hall–Kier alpha value is -1.94. The van der Waals surface area contributed by atoms with E-state index < -0.39 is 15.8 Å². The number of anilines is 1. The van der Waals surface area contributed by atoms with Crippen molar-refractivity contribution in [2.45, 2.75) is 61.1 Å². The number of rotatable bonds is 9. The summed E-state index contributed by atoms with van der Waals surface area (Å²) in [6.45, 7) is 0.521. The number of carbonyl (C=O) groups is 1. The van der Waals surface area contributed by atoms with Gasteiger partial charge in [-0.2, -0.15) is 5.10 Å². The van der Waals surface area contributed by atoms with E-state index in [0.717, 1.165) is 30.6 Å². The molecule has 2 aliphatic carbocycles. The standard InChI is InChI=1S/C18H24N4O4S2/c23-17(24)16-10-20-18(27-16)19-8-13(7-12-3-1-2-4-12)22-11-15(9-21-22)28(25,26)14-5-6-14/h9-14H,1-8H2,(H,19,20)(H,23,24). The minimum Gasteiger partial charge on any atom is -0.477 e. The van der Waals surface area contributed by atoms with Crippen molar-refractivity contribution >= 4 is 32.3 Å². The third-order valence-electron chi connectivity index (χ3n) is 5.53. The number of nitrogens with zero attached hydrogens (tertiary/aromatic N) is 3. The zero-order valence-corrected chi connectivity index (χ0v) is 17.1. The van der Waals surface area contributed by atoms with Crippen LogP contribution in [0.2, 0.25) is 0 Å². The fourth-order valence-electron chi connectivity index (χ4n) is 3.81. The highest BCUT2D eigenvalue weighted by atomic mass is 32.2. The number of sulfone groups is 1. The largest absolute Gasteiger partial charge is 0.477 e. The Labute approximate surface area is 167 Å². The SMILES string of the molecule is O=C(O)c1cnc(NCC(CC2CCCC2)n2cc(S(=O)(=O)C3CC3)cn2)s1. The summed E-state index contributed by atoms with van der Waals surface area (Å²) >= 11 is 1.10. The summed E-state index contributed by atoms with van der Waals surface area (Å²) < 4.78 is 26.7. The van der Waals surface area contributed by atoms with Gasteiger partial charge in [0.1, 0.15) is 9.77 Å². The van der Waals surface area contributed by atoms with E-state index in [1.54, 1.807) is 10.9 Å². The van der Waals surface area contributed by atoms with Gasteiger partial charge in [-0.05, 0) is 25.2 Å². The minimum atomic E-state index is -3.26. The second kappa shape index (κ2) is 7.82. The maximum Gasteiger partial charge on any atom is 0.347 e. The van der Waals surface area contributed by atoms with E-state index in [9.17, 15) is 13.2 Å². The Morgan fingerprint density at radius 3 is 2.68 bits per heavy atom. The van der Waals surface area contributed by atoms with Crippen LogP contribution >= 0.6 is 11.3 Å². The lowest BCUT2D eigenvalue weighted by Crippen LogP contribution is -2.22. The molecular formula is C18H24N4O4S2. The first kappa shape index (κ1) is 19.4. The van der Waals surface area contributed by atoms with Crippen LogP contribution in [-0.4, -0.2) is 46.1 Å². The van der Waals surface area contributed by atoms with Gasteiger partial charge in [-0.25, -0.2) is 18.2 Å². The van der Waals surface area contributed by atoms with Crippen LogP contribution in [0.4, 0.5) is 5.13 Å². The highest BCUT2D eigenvalue weighted by Crippen LogP contribution is 2.35. The quantitative estimate of drug-likeness (QED) is 0.635. The van der Waals surface area contributed by atoms with Gasteiger partial charge in [-0.1, -0.05) is 37.0 Å². The maximum atomic E-state index is 12.5. The van der Waals surface area contributed by atoms with E-state index in [2.05, 4.69) is 15.4 Å². The molecule has 0 bridgehead atoms. The molecule has 2 aliphatic rings. The summed E-state index contributed by atoms with van der Waals surface area (Å²) in [7, 11) is -3.26. The molecule has 2 aromatic rings. The fraction of sp³-hybridized carbons (Fsp3) is 0.611. The van der Waals surface area contributed by atoms with Crippen LogP contribution in [0.1, 0.15) is 60.7 Å². The second-order valence-electron chi connectivity index (χ2n) is 7.66. The average molecular weight is 425 g/mol. The van der Waals surface area contributed by atoms with Gasteiger partial charge < -0.3 is 10.4 Å². The summed E-state index contributed by atoms with van der Waals surface area (Å²) in [6.07, 6.45) is 11.7. The van der Waals surface area contributed by atoms with Crippen molar-refractivity contribution in [2.75, 3.05) is 11.9 Å². The molecule has 152 valence electrons. The first-order chi connectivity index (χ1) is 13.4. The molecule has 2 N–H and O–H groups in total. The van der Waals surface area contributed by atoms with Crippen molar-refractivity contribution in [2.24, 2.45) is 5.92 Å². The Morgan fingerprint density at radius 1 is 1.29 bits per heavy atom. The van der Waals surface area contributed by atoms with Crippen molar-refractivity contribution in [3.63, 3.8) is 0 Å². The number of nitrogens with one attached hydrogen (secondary N) is 1. The van der Waals surface area contributed by atoms with Gasteiger partial charge in [-0.15, -0.1) is 0 Å². The molecule has 0 saturated heterocycles. The summed E-state index contributed by atoms with van der Waals surface area (Å²) in [5, 5.41) is 16.9. The monoisotopic (exact) mass is 424 g/mol. The van der Waals surface area contributed by atoms with Crippen LogP contribution in [0, 0.1) is 5.92 Å². The molecule has 1 atom stereocenters. The molecule has 4 rings (SSSR count). The van der Waals surface area contributed by atoms with Gasteiger partial charge in [0, 0.05) is 12.7 Å². The van der Waals surface area contributed by atoms with Crippen molar-refractivity contribution in [3.8, 4) is 0 Å². The Balaban J connectivity index is 1.49. The van der Waals surface area contributed by atoms with E-state index >= 15 is 0 Å². The predicted octanol–water partition coefficient (Wildman–Crippen LogP) is 3.21. The average Bonchev–Trinajstić information content (AvgIpc) is 3.07. The summed E-state index contributed by atoms with van der Waals surface area (Å²) in [6, 6.07) is -0.0107. The molecule has 10 heteroatoms.